The normalized spacial score (nSPS) is 10.5. The molecule has 0 unspecified atom stereocenters. The lowest BCUT2D eigenvalue weighted by Crippen LogP contribution is -2.11. The first-order chi connectivity index (χ1) is 12.6. The van der Waals surface area contributed by atoms with Crippen LogP contribution in [0.25, 0.3) is 11.4 Å². The van der Waals surface area contributed by atoms with Gasteiger partial charge in [-0.2, -0.15) is 4.98 Å². The monoisotopic (exact) mass is 355 g/mol. The number of benzene rings is 2. The van der Waals surface area contributed by atoms with E-state index in [4.69, 9.17) is 9.26 Å². The molecule has 0 fully saturated rings. The minimum absolute atomic E-state index is 0.147. The van der Waals surface area contributed by atoms with E-state index in [1.807, 2.05) is 24.3 Å². The summed E-state index contributed by atoms with van der Waals surface area (Å²) in [6.07, 6.45) is 1.37. The fourth-order valence-electron chi connectivity index (χ4n) is 2.37. The minimum atomic E-state index is -0.341. The predicted octanol–water partition coefficient (Wildman–Crippen LogP) is 3.85. The second-order valence-corrected chi connectivity index (χ2v) is 5.65. The van der Waals surface area contributed by atoms with Crippen molar-refractivity contribution in [3.63, 3.8) is 0 Å². The van der Waals surface area contributed by atoms with Crippen molar-refractivity contribution in [2.75, 3.05) is 12.4 Å². The van der Waals surface area contributed by atoms with Crippen molar-refractivity contribution in [1.82, 2.24) is 10.1 Å². The molecule has 0 radical (unpaired) electrons. The van der Waals surface area contributed by atoms with Crippen LogP contribution in [0, 0.1) is 5.82 Å². The van der Waals surface area contributed by atoms with Crippen molar-refractivity contribution in [1.29, 1.82) is 0 Å². The van der Waals surface area contributed by atoms with Gasteiger partial charge in [-0.3, -0.25) is 4.79 Å². The number of aryl methyl sites for hydroxylation is 1. The highest BCUT2D eigenvalue weighted by Crippen LogP contribution is 2.20. The highest BCUT2D eigenvalue weighted by Gasteiger charge is 2.10. The molecule has 134 valence electrons. The Hall–Kier alpha value is -3.22. The first-order valence-electron chi connectivity index (χ1n) is 8.16. The van der Waals surface area contributed by atoms with Gasteiger partial charge < -0.3 is 14.6 Å². The van der Waals surface area contributed by atoms with Crippen molar-refractivity contribution < 1.29 is 18.4 Å². The van der Waals surface area contributed by atoms with Crippen molar-refractivity contribution >= 4 is 11.6 Å². The van der Waals surface area contributed by atoms with Gasteiger partial charge in [0.2, 0.25) is 17.6 Å². The molecule has 3 rings (SSSR count). The molecule has 1 amide bonds. The Labute approximate surface area is 150 Å². The smallest absolute Gasteiger partial charge is 0.226 e. The molecule has 3 aromatic rings. The fraction of sp³-hybridized carbons (Fsp3) is 0.211. The first-order valence-corrected chi connectivity index (χ1v) is 8.16. The third-order valence-electron chi connectivity index (χ3n) is 3.74. The molecule has 1 heterocycles. The molecular formula is C19H18FN3O3. The Morgan fingerprint density at radius 2 is 1.88 bits per heavy atom. The summed E-state index contributed by atoms with van der Waals surface area (Å²) in [5.41, 5.74) is 1.39. The summed E-state index contributed by atoms with van der Waals surface area (Å²) in [5.74, 6) is 1.24. The summed E-state index contributed by atoms with van der Waals surface area (Å²) in [6, 6.07) is 13.0. The van der Waals surface area contributed by atoms with Gasteiger partial charge >= 0.3 is 0 Å². The summed E-state index contributed by atoms with van der Waals surface area (Å²) in [5, 5.41) is 6.67. The number of halogens is 1. The number of hydrogen-bond donors (Lipinski definition) is 1. The molecule has 0 saturated heterocycles. The maximum atomic E-state index is 12.8. The van der Waals surface area contributed by atoms with Crippen molar-refractivity contribution in [2.45, 2.75) is 19.3 Å². The first kappa shape index (κ1) is 17.6. The van der Waals surface area contributed by atoms with Crippen molar-refractivity contribution in [2.24, 2.45) is 0 Å². The Balaban J connectivity index is 1.48. The zero-order valence-corrected chi connectivity index (χ0v) is 14.2. The number of rotatable bonds is 7. The number of ether oxygens (including phenoxy) is 1. The van der Waals surface area contributed by atoms with Crippen LogP contribution in [0.3, 0.4) is 0 Å². The van der Waals surface area contributed by atoms with Crippen LogP contribution < -0.4 is 10.1 Å². The number of anilines is 1. The van der Waals surface area contributed by atoms with Crippen molar-refractivity contribution in [3.8, 4) is 17.1 Å². The van der Waals surface area contributed by atoms with Crippen LogP contribution in [0.2, 0.25) is 0 Å². The summed E-state index contributed by atoms with van der Waals surface area (Å²) in [4.78, 5) is 16.2. The molecule has 2 aromatic carbocycles. The molecule has 0 aliphatic heterocycles. The Morgan fingerprint density at radius 1 is 1.15 bits per heavy atom. The summed E-state index contributed by atoms with van der Waals surface area (Å²) in [6.45, 7) is 0. The van der Waals surface area contributed by atoms with Crippen LogP contribution in [0.15, 0.2) is 53.1 Å². The van der Waals surface area contributed by atoms with Gasteiger partial charge in [-0.1, -0.05) is 5.16 Å². The summed E-state index contributed by atoms with van der Waals surface area (Å²) >= 11 is 0. The number of nitrogens with one attached hydrogen (secondary N) is 1. The average Bonchev–Trinajstić information content (AvgIpc) is 3.12. The minimum Gasteiger partial charge on any atom is -0.497 e. The molecule has 0 spiro atoms. The summed E-state index contributed by atoms with van der Waals surface area (Å²) < 4.78 is 23.2. The Bertz CT molecular complexity index is 860. The second kappa shape index (κ2) is 8.24. The number of aromatic nitrogens is 2. The highest BCUT2D eigenvalue weighted by molar-refractivity contribution is 5.90. The quantitative estimate of drug-likeness (QED) is 0.697. The molecule has 7 heteroatoms. The molecule has 0 bridgehead atoms. The van der Waals surface area contributed by atoms with E-state index in [1.54, 1.807) is 7.11 Å². The van der Waals surface area contributed by atoms with Crippen LogP contribution >= 0.6 is 0 Å². The van der Waals surface area contributed by atoms with Gasteiger partial charge in [0, 0.05) is 24.1 Å². The molecule has 0 saturated carbocycles. The largest absolute Gasteiger partial charge is 0.497 e. The van der Waals surface area contributed by atoms with E-state index < -0.39 is 0 Å². The number of nitrogens with zero attached hydrogens (tertiary/aromatic N) is 2. The van der Waals surface area contributed by atoms with E-state index in [0.29, 0.717) is 36.7 Å². The predicted molar refractivity (Wildman–Crippen MR) is 94.3 cm³/mol. The van der Waals surface area contributed by atoms with Gasteiger partial charge in [-0.25, -0.2) is 4.39 Å². The topological polar surface area (TPSA) is 77.2 Å². The van der Waals surface area contributed by atoms with Gasteiger partial charge in [-0.15, -0.1) is 0 Å². The van der Waals surface area contributed by atoms with Crippen LogP contribution in [-0.4, -0.2) is 23.2 Å². The molecular weight excluding hydrogens is 337 g/mol. The molecule has 0 aliphatic rings. The molecule has 26 heavy (non-hydrogen) atoms. The van der Waals surface area contributed by atoms with Gasteiger partial charge in [0.1, 0.15) is 11.6 Å². The van der Waals surface area contributed by atoms with E-state index in [-0.39, 0.29) is 11.7 Å². The van der Waals surface area contributed by atoms with Gasteiger partial charge in [0.25, 0.3) is 0 Å². The third kappa shape index (κ3) is 4.66. The van der Waals surface area contributed by atoms with Gasteiger partial charge in [-0.05, 0) is 55.0 Å². The fourth-order valence-corrected chi connectivity index (χ4v) is 2.37. The van der Waals surface area contributed by atoms with Gasteiger partial charge in [0.05, 0.1) is 7.11 Å². The van der Waals surface area contributed by atoms with Crippen LogP contribution in [0.5, 0.6) is 5.75 Å². The Morgan fingerprint density at radius 3 is 2.58 bits per heavy atom. The van der Waals surface area contributed by atoms with Crippen LogP contribution in [0.1, 0.15) is 18.7 Å². The summed E-state index contributed by atoms with van der Waals surface area (Å²) in [7, 11) is 1.60. The number of carbonyl (C=O) groups excluding carboxylic acids is 1. The number of methoxy groups -OCH3 is 1. The number of amides is 1. The molecule has 1 N–H and O–H groups in total. The van der Waals surface area contributed by atoms with E-state index in [1.165, 1.54) is 24.3 Å². The zero-order valence-electron chi connectivity index (χ0n) is 14.2. The maximum Gasteiger partial charge on any atom is 0.226 e. The number of carbonyl (C=O) groups is 1. The van der Waals surface area contributed by atoms with Crippen LogP contribution in [0.4, 0.5) is 10.1 Å². The highest BCUT2D eigenvalue weighted by atomic mass is 19.1. The molecule has 6 nitrogen and oxygen atoms in total. The second-order valence-electron chi connectivity index (χ2n) is 5.65. The lowest BCUT2D eigenvalue weighted by molar-refractivity contribution is -0.116. The maximum absolute atomic E-state index is 12.8. The molecule has 0 aliphatic carbocycles. The molecule has 1 aromatic heterocycles. The third-order valence-corrected chi connectivity index (χ3v) is 3.74. The SMILES string of the molecule is COc1ccc(-c2noc(CCCC(=O)Nc3ccc(F)cc3)n2)cc1. The standard InChI is InChI=1S/C19H18FN3O3/c1-25-16-11-5-13(6-12-16)19-22-18(26-23-19)4-2-3-17(24)21-15-9-7-14(20)8-10-15/h5-12H,2-4H2,1H3,(H,21,24). The van der Waals surface area contributed by atoms with E-state index in [0.717, 1.165) is 11.3 Å². The number of hydrogen-bond acceptors (Lipinski definition) is 5. The van der Waals surface area contributed by atoms with E-state index in [9.17, 15) is 9.18 Å². The average molecular weight is 355 g/mol. The molecule has 0 atom stereocenters. The van der Waals surface area contributed by atoms with Crippen molar-refractivity contribution in [3.05, 3.63) is 60.2 Å². The zero-order chi connectivity index (χ0) is 18.4. The van der Waals surface area contributed by atoms with E-state index in [2.05, 4.69) is 15.5 Å². The Kier molecular flexibility index (Phi) is 5.58. The lowest BCUT2D eigenvalue weighted by atomic mass is 10.2. The van der Waals surface area contributed by atoms with Crippen LogP contribution in [-0.2, 0) is 11.2 Å². The van der Waals surface area contributed by atoms with Gasteiger partial charge in [0.15, 0.2) is 0 Å². The van der Waals surface area contributed by atoms with E-state index >= 15 is 0 Å². The lowest BCUT2D eigenvalue weighted by Gasteiger charge is -2.04.